The SMILES string of the molecule is CC(=O)Nc1cc(C(=O)Nc2ccc3ncccc3c2)ccc1F. The van der Waals surface area contributed by atoms with Gasteiger partial charge in [-0.25, -0.2) is 4.39 Å². The molecule has 0 fully saturated rings. The molecule has 0 aliphatic heterocycles. The van der Waals surface area contributed by atoms with Crippen molar-refractivity contribution in [3.8, 4) is 0 Å². The fourth-order valence-electron chi connectivity index (χ4n) is 2.31. The summed E-state index contributed by atoms with van der Waals surface area (Å²) in [5, 5.41) is 6.00. The van der Waals surface area contributed by atoms with E-state index in [9.17, 15) is 14.0 Å². The molecule has 0 radical (unpaired) electrons. The predicted octanol–water partition coefficient (Wildman–Crippen LogP) is 3.58. The fourth-order valence-corrected chi connectivity index (χ4v) is 2.31. The molecule has 0 atom stereocenters. The van der Waals surface area contributed by atoms with E-state index in [1.54, 1.807) is 24.4 Å². The highest BCUT2D eigenvalue weighted by Crippen LogP contribution is 2.20. The van der Waals surface area contributed by atoms with Crippen LogP contribution in [0.5, 0.6) is 0 Å². The maximum absolute atomic E-state index is 13.6. The van der Waals surface area contributed by atoms with Crippen LogP contribution >= 0.6 is 0 Å². The number of hydrogen-bond acceptors (Lipinski definition) is 3. The lowest BCUT2D eigenvalue weighted by Gasteiger charge is -2.09. The van der Waals surface area contributed by atoms with E-state index in [0.717, 1.165) is 17.0 Å². The van der Waals surface area contributed by atoms with Crippen LogP contribution in [0.15, 0.2) is 54.7 Å². The third kappa shape index (κ3) is 3.38. The Kier molecular flexibility index (Phi) is 4.20. The van der Waals surface area contributed by atoms with E-state index in [0.29, 0.717) is 5.69 Å². The first-order chi connectivity index (χ1) is 11.5. The number of rotatable bonds is 3. The summed E-state index contributed by atoms with van der Waals surface area (Å²) in [7, 11) is 0. The van der Waals surface area contributed by atoms with Crippen LogP contribution in [0.1, 0.15) is 17.3 Å². The van der Waals surface area contributed by atoms with Crippen LogP contribution < -0.4 is 10.6 Å². The number of carbonyl (C=O) groups excluding carboxylic acids is 2. The number of aromatic nitrogens is 1. The molecule has 6 heteroatoms. The predicted molar refractivity (Wildman–Crippen MR) is 90.4 cm³/mol. The normalized spacial score (nSPS) is 10.4. The van der Waals surface area contributed by atoms with Gasteiger partial charge in [0.2, 0.25) is 5.91 Å². The molecule has 0 aliphatic rings. The maximum Gasteiger partial charge on any atom is 0.255 e. The van der Waals surface area contributed by atoms with E-state index in [-0.39, 0.29) is 11.3 Å². The van der Waals surface area contributed by atoms with Gasteiger partial charge in [-0.05, 0) is 42.5 Å². The molecule has 0 spiro atoms. The third-order valence-corrected chi connectivity index (χ3v) is 3.40. The van der Waals surface area contributed by atoms with Gasteiger partial charge in [-0.1, -0.05) is 6.07 Å². The van der Waals surface area contributed by atoms with Crippen molar-refractivity contribution in [3.63, 3.8) is 0 Å². The van der Waals surface area contributed by atoms with Crippen molar-refractivity contribution in [3.05, 3.63) is 66.1 Å². The number of pyridine rings is 1. The van der Waals surface area contributed by atoms with E-state index in [2.05, 4.69) is 15.6 Å². The van der Waals surface area contributed by atoms with E-state index < -0.39 is 17.6 Å². The standard InChI is InChI=1S/C18H14FN3O2/c1-11(23)21-17-10-13(4-6-15(17)19)18(24)22-14-5-7-16-12(9-14)3-2-8-20-16/h2-10H,1H3,(H,21,23)(H,22,24). The lowest BCUT2D eigenvalue weighted by Crippen LogP contribution is -2.14. The van der Waals surface area contributed by atoms with Crippen molar-refractivity contribution in [2.24, 2.45) is 0 Å². The Morgan fingerprint density at radius 3 is 2.67 bits per heavy atom. The lowest BCUT2D eigenvalue weighted by molar-refractivity contribution is -0.114. The second-order valence-corrected chi connectivity index (χ2v) is 5.24. The van der Waals surface area contributed by atoms with E-state index >= 15 is 0 Å². The number of hydrogen-bond donors (Lipinski definition) is 2. The monoisotopic (exact) mass is 323 g/mol. The molecule has 120 valence electrons. The number of anilines is 2. The zero-order valence-corrected chi connectivity index (χ0v) is 12.8. The third-order valence-electron chi connectivity index (χ3n) is 3.40. The number of halogens is 1. The number of amides is 2. The quantitative estimate of drug-likeness (QED) is 0.774. The van der Waals surface area contributed by atoms with Crippen LogP contribution in [0.25, 0.3) is 10.9 Å². The van der Waals surface area contributed by atoms with Gasteiger partial charge < -0.3 is 10.6 Å². The maximum atomic E-state index is 13.6. The summed E-state index contributed by atoms with van der Waals surface area (Å²) in [4.78, 5) is 27.6. The molecule has 3 aromatic rings. The topological polar surface area (TPSA) is 71.1 Å². The van der Waals surface area contributed by atoms with Gasteiger partial charge in [-0.2, -0.15) is 0 Å². The Hall–Kier alpha value is -3.28. The Morgan fingerprint density at radius 2 is 1.88 bits per heavy atom. The molecule has 2 amide bonds. The van der Waals surface area contributed by atoms with Crippen molar-refractivity contribution in [2.45, 2.75) is 6.92 Å². The number of fused-ring (bicyclic) bond motifs is 1. The molecule has 1 aromatic heterocycles. The Morgan fingerprint density at radius 1 is 1.04 bits per heavy atom. The highest BCUT2D eigenvalue weighted by atomic mass is 19.1. The smallest absolute Gasteiger partial charge is 0.255 e. The summed E-state index contributed by atoms with van der Waals surface area (Å²) in [6.45, 7) is 1.27. The average molecular weight is 323 g/mol. The van der Waals surface area contributed by atoms with Gasteiger partial charge in [0.15, 0.2) is 0 Å². The van der Waals surface area contributed by atoms with Crippen LogP contribution in [0.4, 0.5) is 15.8 Å². The molecule has 5 nitrogen and oxygen atoms in total. The van der Waals surface area contributed by atoms with Gasteiger partial charge >= 0.3 is 0 Å². The second-order valence-electron chi connectivity index (χ2n) is 5.24. The summed E-state index contributed by atoms with van der Waals surface area (Å²) >= 11 is 0. The van der Waals surface area contributed by atoms with Gasteiger partial charge in [0.05, 0.1) is 11.2 Å². The Bertz CT molecular complexity index is 940. The van der Waals surface area contributed by atoms with Crippen molar-refractivity contribution in [2.75, 3.05) is 10.6 Å². The van der Waals surface area contributed by atoms with Gasteiger partial charge in [0.1, 0.15) is 5.82 Å². The van der Waals surface area contributed by atoms with Crippen molar-refractivity contribution in [1.29, 1.82) is 0 Å². The summed E-state index contributed by atoms with van der Waals surface area (Å²) < 4.78 is 13.6. The largest absolute Gasteiger partial charge is 0.324 e. The zero-order chi connectivity index (χ0) is 17.1. The molecular formula is C18H14FN3O2. The van der Waals surface area contributed by atoms with Crippen LogP contribution in [0.3, 0.4) is 0 Å². The minimum Gasteiger partial charge on any atom is -0.324 e. The molecule has 2 aromatic carbocycles. The summed E-state index contributed by atoms with van der Waals surface area (Å²) in [6, 6.07) is 12.9. The molecule has 0 saturated heterocycles. The first kappa shape index (κ1) is 15.6. The first-order valence-electron chi connectivity index (χ1n) is 7.26. The van der Waals surface area contributed by atoms with E-state index in [1.807, 2.05) is 12.1 Å². The van der Waals surface area contributed by atoms with Crippen molar-refractivity contribution < 1.29 is 14.0 Å². The molecule has 0 unspecified atom stereocenters. The second kappa shape index (κ2) is 6.45. The molecular weight excluding hydrogens is 309 g/mol. The first-order valence-corrected chi connectivity index (χ1v) is 7.26. The molecule has 0 saturated carbocycles. The molecule has 0 bridgehead atoms. The number of nitrogens with one attached hydrogen (secondary N) is 2. The lowest BCUT2D eigenvalue weighted by atomic mass is 10.1. The Balaban J connectivity index is 1.84. The fraction of sp³-hybridized carbons (Fsp3) is 0.0556. The van der Waals surface area contributed by atoms with Crippen LogP contribution in [0.2, 0.25) is 0 Å². The van der Waals surface area contributed by atoms with Crippen LogP contribution in [-0.4, -0.2) is 16.8 Å². The number of carbonyl (C=O) groups is 2. The number of nitrogens with zero attached hydrogens (tertiary/aromatic N) is 1. The Labute approximate surface area is 137 Å². The zero-order valence-electron chi connectivity index (χ0n) is 12.8. The molecule has 3 rings (SSSR count). The molecule has 24 heavy (non-hydrogen) atoms. The summed E-state index contributed by atoms with van der Waals surface area (Å²) in [6.07, 6.45) is 1.70. The molecule has 1 heterocycles. The van der Waals surface area contributed by atoms with E-state index in [1.165, 1.54) is 19.1 Å². The van der Waals surface area contributed by atoms with Crippen LogP contribution in [0, 0.1) is 5.82 Å². The van der Waals surface area contributed by atoms with Crippen LogP contribution in [-0.2, 0) is 4.79 Å². The van der Waals surface area contributed by atoms with Gasteiger partial charge in [0, 0.05) is 29.8 Å². The highest BCUT2D eigenvalue weighted by molar-refractivity contribution is 6.06. The minimum atomic E-state index is -0.599. The molecule has 2 N–H and O–H groups in total. The summed E-state index contributed by atoms with van der Waals surface area (Å²) in [5.41, 5.74) is 1.64. The average Bonchev–Trinajstić information content (AvgIpc) is 2.56. The van der Waals surface area contributed by atoms with Gasteiger partial charge in [0.25, 0.3) is 5.91 Å². The highest BCUT2D eigenvalue weighted by Gasteiger charge is 2.11. The van der Waals surface area contributed by atoms with Crippen molar-refractivity contribution >= 4 is 34.1 Å². The number of benzene rings is 2. The molecule has 0 aliphatic carbocycles. The minimum absolute atomic E-state index is 0.0298. The van der Waals surface area contributed by atoms with Crippen molar-refractivity contribution in [1.82, 2.24) is 4.98 Å². The summed E-state index contributed by atoms with van der Waals surface area (Å²) in [5.74, 6) is -1.41. The van der Waals surface area contributed by atoms with E-state index in [4.69, 9.17) is 0 Å². The van der Waals surface area contributed by atoms with Gasteiger partial charge in [-0.3, -0.25) is 14.6 Å². The van der Waals surface area contributed by atoms with Gasteiger partial charge in [-0.15, -0.1) is 0 Å².